The molecule has 2 aliphatic heterocycles. The zero-order chi connectivity index (χ0) is 49.9. The minimum Gasteiger partial charge on any atom is -0.496 e. The standard InChI is InChI=1S/C46H56N4O6.2C2H2O4/c1-5-47(31-33-19-11-13-21-39(33)55-3)27-15-7-9-17-29-49-43(51)35-23-25-37-42-38(26-24-36(41(35)42)44(49)52)46(54)50(45(37)53)30-18-10-8-16-28-48(6-2)32-34-20-12-14-22-40(34)56-4;2*3-1(4)2(5)6/h11-14,19-26H,5-10,15-18,27-32H2,1-4H3;2*(H,3,4)(H,5,6). The van der Waals surface area contributed by atoms with Gasteiger partial charge in [0.05, 0.1) is 14.2 Å². The number of carboxylic acid groups (broad SMARTS) is 4. The minimum absolute atomic E-state index is 0.324. The summed E-state index contributed by atoms with van der Waals surface area (Å²) in [4.78, 5) is 98.9. The summed E-state index contributed by atoms with van der Waals surface area (Å²) in [6.07, 6.45) is 7.20. The molecule has 18 nitrogen and oxygen atoms in total. The summed E-state index contributed by atoms with van der Waals surface area (Å²) in [5.41, 5.74) is 3.83. The molecule has 0 aromatic heterocycles. The molecule has 0 radical (unpaired) electrons. The van der Waals surface area contributed by atoms with Gasteiger partial charge in [-0.15, -0.1) is 0 Å². The van der Waals surface area contributed by atoms with Crippen LogP contribution in [0.3, 0.4) is 0 Å². The monoisotopic (exact) mass is 940 g/mol. The Kier molecular flexibility index (Phi) is 20.6. The molecular formula is C50H60N4O14. The van der Waals surface area contributed by atoms with E-state index in [9.17, 15) is 19.2 Å². The molecule has 364 valence electrons. The van der Waals surface area contributed by atoms with Gasteiger partial charge in [0.1, 0.15) is 11.5 Å². The van der Waals surface area contributed by atoms with Crippen molar-refractivity contribution in [1.29, 1.82) is 0 Å². The second-order valence-electron chi connectivity index (χ2n) is 16.0. The highest BCUT2D eigenvalue weighted by Gasteiger charge is 2.39. The summed E-state index contributed by atoms with van der Waals surface area (Å²) in [5, 5.41) is 30.4. The summed E-state index contributed by atoms with van der Waals surface area (Å²) >= 11 is 0. The lowest BCUT2D eigenvalue weighted by atomic mass is 9.86. The van der Waals surface area contributed by atoms with Crippen molar-refractivity contribution in [3.8, 4) is 11.5 Å². The maximum atomic E-state index is 13.8. The molecule has 0 saturated heterocycles. The van der Waals surface area contributed by atoms with Crippen LogP contribution in [0, 0.1) is 0 Å². The molecule has 2 aliphatic rings. The fraction of sp³-hybridized carbons (Fsp3) is 0.400. The van der Waals surface area contributed by atoms with Crippen molar-refractivity contribution in [1.82, 2.24) is 19.6 Å². The molecule has 4 amide bonds. The first-order valence-electron chi connectivity index (χ1n) is 22.5. The number of para-hydroxylation sites is 2. The van der Waals surface area contributed by atoms with Crippen molar-refractivity contribution in [2.75, 3.05) is 53.5 Å². The first-order valence-corrected chi connectivity index (χ1v) is 22.5. The molecule has 0 bridgehead atoms. The van der Waals surface area contributed by atoms with Crippen molar-refractivity contribution < 1.29 is 68.3 Å². The van der Waals surface area contributed by atoms with Gasteiger partial charge in [-0.1, -0.05) is 75.9 Å². The summed E-state index contributed by atoms with van der Waals surface area (Å²) < 4.78 is 11.0. The average Bonchev–Trinajstić information content (AvgIpc) is 3.33. The number of hydrogen-bond acceptors (Lipinski definition) is 12. The number of carboxylic acids is 4. The molecule has 0 fully saturated rings. The maximum Gasteiger partial charge on any atom is 0.414 e. The zero-order valence-corrected chi connectivity index (χ0v) is 38.9. The van der Waals surface area contributed by atoms with Gasteiger partial charge in [0.25, 0.3) is 23.6 Å². The predicted molar refractivity (Wildman–Crippen MR) is 250 cm³/mol. The molecule has 0 unspecified atom stereocenters. The second kappa shape index (κ2) is 26.2. The fourth-order valence-corrected chi connectivity index (χ4v) is 8.15. The highest BCUT2D eigenvalue weighted by Crippen LogP contribution is 2.38. The first-order chi connectivity index (χ1) is 32.6. The molecule has 4 N–H and O–H groups in total. The van der Waals surface area contributed by atoms with Crippen LogP contribution in [0.15, 0.2) is 72.8 Å². The summed E-state index contributed by atoms with van der Waals surface area (Å²) in [6, 6.07) is 22.8. The van der Waals surface area contributed by atoms with Crippen LogP contribution in [-0.2, 0) is 32.3 Å². The molecule has 0 atom stereocenters. The largest absolute Gasteiger partial charge is 0.496 e. The van der Waals surface area contributed by atoms with Crippen molar-refractivity contribution in [2.24, 2.45) is 0 Å². The van der Waals surface area contributed by atoms with Crippen molar-refractivity contribution >= 4 is 58.3 Å². The van der Waals surface area contributed by atoms with Gasteiger partial charge < -0.3 is 29.9 Å². The highest BCUT2D eigenvalue weighted by molar-refractivity contribution is 6.33. The number of carbonyl (C=O) groups excluding carboxylic acids is 4. The number of benzene rings is 4. The molecule has 68 heavy (non-hydrogen) atoms. The van der Waals surface area contributed by atoms with E-state index < -0.39 is 23.9 Å². The number of ether oxygens (including phenoxy) is 2. The normalized spacial score (nSPS) is 12.7. The van der Waals surface area contributed by atoms with E-state index in [2.05, 4.69) is 35.8 Å². The van der Waals surface area contributed by atoms with E-state index in [-0.39, 0.29) is 23.6 Å². The van der Waals surface area contributed by atoms with E-state index in [4.69, 9.17) is 49.1 Å². The molecular weight excluding hydrogens is 881 g/mol. The highest BCUT2D eigenvalue weighted by atomic mass is 16.5. The lowest BCUT2D eigenvalue weighted by Gasteiger charge is -2.32. The van der Waals surface area contributed by atoms with Crippen LogP contribution >= 0.6 is 0 Å². The number of rotatable bonds is 22. The molecule has 4 aromatic rings. The van der Waals surface area contributed by atoms with E-state index in [0.29, 0.717) is 59.0 Å². The Morgan fingerprint density at radius 3 is 1.03 bits per heavy atom. The summed E-state index contributed by atoms with van der Waals surface area (Å²) in [5.74, 6) is -6.97. The smallest absolute Gasteiger partial charge is 0.414 e. The Bertz CT molecular complexity index is 2210. The van der Waals surface area contributed by atoms with Gasteiger partial charge in [-0.2, -0.15) is 0 Å². The van der Waals surface area contributed by atoms with Gasteiger partial charge in [0.2, 0.25) is 0 Å². The number of carbonyl (C=O) groups is 8. The Morgan fingerprint density at radius 1 is 0.456 bits per heavy atom. The number of nitrogens with zero attached hydrogens (tertiary/aromatic N) is 4. The van der Waals surface area contributed by atoms with E-state index in [1.54, 1.807) is 38.5 Å². The quantitative estimate of drug-likeness (QED) is 0.0372. The molecule has 18 heteroatoms. The lowest BCUT2D eigenvalue weighted by molar-refractivity contribution is -0.159. The van der Waals surface area contributed by atoms with Crippen LogP contribution in [0.5, 0.6) is 11.5 Å². The number of aliphatic carboxylic acids is 4. The summed E-state index contributed by atoms with van der Waals surface area (Å²) in [6.45, 7) is 10.4. The van der Waals surface area contributed by atoms with Crippen molar-refractivity contribution in [3.63, 3.8) is 0 Å². The van der Waals surface area contributed by atoms with E-state index in [1.165, 1.54) is 20.9 Å². The van der Waals surface area contributed by atoms with E-state index in [0.717, 1.165) is 89.3 Å². The Labute approximate surface area is 394 Å². The van der Waals surface area contributed by atoms with Crippen LogP contribution in [0.25, 0.3) is 10.8 Å². The van der Waals surface area contributed by atoms with Gasteiger partial charge in [-0.05, 0) is 88.3 Å². The van der Waals surface area contributed by atoms with E-state index in [1.807, 2.05) is 36.4 Å². The zero-order valence-electron chi connectivity index (χ0n) is 38.9. The molecule has 2 heterocycles. The van der Waals surface area contributed by atoms with Gasteiger partial charge in [-0.25, -0.2) is 19.2 Å². The van der Waals surface area contributed by atoms with Gasteiger partial charge in [-0.3, -0.25) is 38.8 Å². The Balaban J connectivity index is 0.000000745. The first kappa shape index (κ1) is 53.4. The average molecular weight is 941 g/mol. The topological polar surface area (TPSA) is 249 Å². The maximum absolute atomic E-state index is 13.8. The third kappa shape index (κ3) is 13.9. The molecule has 0 saturated carbocycles. The second-order valence-corrected chi connectivity index (χ2v) is 16.0. The Morgan fingerprint density at radius 2 is 0.750 bits per heavy atom. The number of methoxy groups -OCH3 is 2. The van der Waals surface area contributed by atoms with E-state index >= 15 is 0 Å². The predicted octanol–water partition coefficient (Wildman–Crippen LogP) is 6.53. The number of hydrogen-bond donors (Lipinski definition) is 4. The van der Waals surface area contributed by atoms with Crippen molar-refractivity contribution in [2.45, 2.75) is 78.3 Å². The van der Waals surface area contributed by atoms with Crippen LogP contribution in [0.1, 0.15) is 118 Å². The van der Waals surface area contributed by atoms with Gasteiger partial charge in [0.15, 0.2) is 0 Å². The number of unbranched alkanes of at least 4 members (excludes halogenated alkanes) is 6. The lowest BCUT2D eigenvalue weighted by Crippen LogP contribution is -2.43. The van der Waals surface area contributed by atoms with Crippen LogP contribution in [-0.4, -0.2) is 141 Å². The molecule has 6 rings (SSSR count). The van der Waals surface area contributed by atoms with Gasteiger partial charge >= 0.3 is 23.9 Å². The van der Waals surface area contributed by atoms with Crippen LogP contribution in [0.4, 0.5) is 0 Å². The van der Waals surface area contributed by atoms with Crippen LogP contribution in [0.2, 0.25) is 0 Å². The number of amides is 4. The third-order valence-corrected chi connectivity index (χ3v) is 11.7. The molecule has 4 aromatic carbocycles. The third-order valence-electron chi connectivity index (χ3n) is 11.7. The van der Waals surface area contributed by atoms with Gasteiger partial charge in [0, 0.05) is 70.3 Å². The summed E-state index contributed by atoms with van der Waals surface area (Å²) in [7, 11) is 3.40. The fourth-order valence-electron chi connectivity index (χ4n) is 8.15. The van der Waals surface area contributed by atoms with Crippen LogP contribution < -0.4 is 9.47 Å². The SMILES string of the molecule is CCN(CCCCCCN1C(=O)c2ccc3c4c(ccc(c24)C1=O)C(=O)N(CCCCCCN(CC)Cc1ccccc1OC)C3=O)Cc1ccccc1OC.O=C(O)C(=O)O.O=C(O)C(=O)O. The minimum atomic E-state index is -1.82. The molecule has 0 aliphatic carbocycles. The van der Waals surface area contributed by atoms with Crippen molar-refractivity contribution in [3.05, 3.63) is 106 Å². The Hall–Kier alpha value is -7.18. The number of imide groups is 2. The molecule has 0 spiro atoms.